The lowest BCUT2D eigenvalue weighted by atomic mass is 10.0. The van der Waals surface area contributed by atoms with E-state index in [4.69, 9.17) is 27.9 Å². The van der Waals surface area contributed by atoms with Gasteiger partial charge in [0, 0.05) is 6.54 Å². The monoisotopic (exact) mass is 393 g/mol. The zero-order chi connectivity index (χ0) is 18.5. The molecule has 6 heteroatoms. The summed E-state index contributed by atoms with van der Waals surface area (Å²) in [4.78, 5) is 13.4. The van der Waals surface area contributed by atoms with Crippen molar-refractivity contribution in [2.45, 2.75) is 38.5 Å². The van der Waals surface area contributed by atoms with E-state index in [0.29, 0.717) is 23.2 Å². The van der Waals surface area contributed by atoms with Crippen LogP contribution in [0.1, 0.15) is 30.4 Å². The summed E-state index contributed by atoms with van der Waals surface area (Å²) < 4.78 is 5.78. The zero-order valence-corrected chi connectivity index (χ0v) is 15.8. The minimum Gasteiger partial charge on any atom is -0.489 e. The first-order chi connectivity index (χ1) is 12.5. The Bertz CT molecular complexity index is 764. The fraction of sp³-hybridized carbons (Fsp3) is 0.350. The van der Waals surface area contributed by atoms with Crippen molar-refractivity contribution in [2.75, 3.05) is 6.54 Å². The summed E-state index contributed by atoms with van der Waals surface area (Å²) >= 11 is 11.9. The van der Waals surface area contributed by atoms with Crippen molar-refractivity contribution in [3.8, 4) is 5.75 Å². The van der Waals surface area contributed by atoms with Crippen LogP contribution in [-0.2, 0) is 17.9 Å². The molecule has 2 aromatic rings. The van der Waals surface area contributed by atoms with E-state index in [2.05, 4.69) is 0 Å². The standard InChI is InChI=1S/C20H21Cl2NO3/c21-17-9-6-15(11-18(17)22)13-26-16-7-4-14(5-8-16)12-23-10-2-1-3-19(23)20(24)25/h4-9,11,19H,1-3,10,12-13H2,(H,24,25). The van der Waals surface area contributed by atoms with Gasteiger partial charge in [0.25, 0.3) is 0 Å². The van der Waals surface area contributed by atoms with Crippen molar-refractivity contribution < 1.29 is 14.6 Å². The zero-order valence-electron chi connectivity index (χ0n) is 14.3. The number of halogens is 2. The first-order valence-electron chi connectivity index (χ1n) is 8.65. The number of piperidine rings is 1. The third-order valence-corrected chi connectivity index (χ3v) is 5.34. The molecule has 1 heterocycles. The van der Waals surface area contributed by atoms with E-state index in [0.717, 1.165) is 42.7 Å². The van der Waals surface area contributed by atoms with Gasteiger partial charge >= 0.3 is 5.97 Å². The van der Waals surface area contributed by atoms with Gasteiger partial charge in [-0.3, -0.25) is 9.69 Å². The normalized spacial score (nSPS) is 17.8. The molecular weight excluding hydrogens is 373 g/mol. The Kier molecular flexibility index (Phi) is 6.41. The minimum absolute atomic E-state index is 0.380. The molecule has 0 spiro atoms. The molecule has 1 fully saturated rings. The van der Waals surface area contributed by atoms with Gasteiger partial charge in [0.1, 0.15) is 18.4 Å². The molecule has 1 atom stereocenters. The summed E-state index contributed by atoms with van der Waals surface area (Å²) in [5.74, 6) is 0.0273. The number of hydrogen-bond acceptors (Lipinski definition) is 3. The summed E-state index contributed by atoms with van der Waals surface area (Å²) in [5.41, 5.74) is 2.03. The molecule has 1 saturated heterocycles. The van der Waals surface area contributed by atoms with Crippen LogP contribution in [0, 0.1) is 0 Å². The highest BCUT2D eigenvalue weighted by Gasteiger charge is 2.28. The second-order valence-corrected chi connectivity index (χ2v) is 7.32. The van der Waals surface area contributed by atoms with Crippen molar-refractivity contribution in [1.82, 2.24) is 4.90 Å². The molecule has 2 aromatic carbocycles. The fourth-order valence-electron chi connectivity index (χ4n) is 3.18. The van der Waals surface area contributed by atoms with Crippen LogP contribution in [0.2, 0.25) is 10.0 Å². The average molecular weight is 394 g/mol. The van der Waals surface area contributed by atoms with E-state index in [1.165, 1.54) is 0 Å². The van der Waals surface area contributed by atoms with Crippen LogP contribution in [-0.4, -0.2) is 28.6 Å². The quantitative estimate of drug-likeness (QED) is 0.748. The third-order valence-electron chi connectivity index (χ3n) is 4.60. The van der Waals surface area contributed by atoms with Crippen LogP contribution in [0.3, 0.4) is 0 Å². The summed E-state index contributed by atoms with van der Waals surface area (Å²) in [5, 5.41) is 10.4. The van der Waals surface area contributed by atoms with Crippen LogP contribution in [0.15, 0.2) is 42.5 Å². The molecule has 0 aliphatic carbocycles. The fourth-order valence-corrected chi connectivity index (χ4v) is 3.50. The van der Waals surface area contributed by atoms with Gasteiger partial charge in [-0.25, -0.2) is 0 Å². The van der Waals surface area contributed by atoms with Gasteiger partial charge in [0.15, 0.2) is 0 Å². The Morgan fingerprint density at radius 3 is 2.50 bits per heavy atom. The highest BCUT2D eigenvalue weighted by atomic mass is 35.5. The number of carboxylic acids is 1. The van der Waals surface area contributed by atoms with E-state index in [1.54, 1.807) is 12.1 Å². The molecule has 0 amide bonds. The van der Waals surface area contributed by atoms with Crippen LogP contribution in [0.25, 0.3) is 0 Å². The maximum atomic E-state index is 11.4. The van der Waals surface area contributed by atoms with Crippen molar-refractivity contribution in [1.29, 1.82) is 0 Å². The first-order valence-corrected chi connectivity index (χ1v) is 9.41. The van der Waals surface area contributed by atoms with E-state index in [9.17, 15) is 9.90 Å². The van der Waals surface area contributed by atoms with Gasteiger partial charge in [0.05, 0.1) is 10.0 Å². The molecule has 0 saturated carbocycles. The smallest absolute Gasteiger partial charge is 0.320 e. The van der Waals surface area contributed by atoms with Gasteiger partial charge in [-0.05, 0) is 54.8 Å². The Morgan fingerprint density at radius 2 is 1.81 bits per heavy atom. The van der Waals surface area contributed by atoms with Crippen molar-refractivity contribution in [2.24, 2.45) is 0 Å². The number of carbonyl (C=O) groups is 1. The molecule has 1 aliphatic heterocycles. The third kappa shape index (κ3) is 4.91. The van der Waals surface area contributed by atoms with Crippen molar-refractivity contribution >= 4 is 29.2 Å². The minimum atomic E-state index is -0.730. The second kappa shape index (κ2) is 8.76. The Balaban J connectivity index is 1.57. The maximum absolute atomic E-state index is 11.4. The first kappa shape index (κ1) is 19.0. The highest BCUT2D eigenvalue weighted by Crippen LogP contribution is 2.24. The van der Waals surface area contributed by atoms with Crippen LogP contribution in [0.4, 0.5) is 0 Å². The van der Waals surface area contributed by atoms with Crippen LogP contribution >= 0.6 is 23.2 Å². The van der Waals surface area contributed by atoms with E-state index in [1.807, 2.05) is 35.2 Å². The Labute approximate surface area is 163 Å². The molecule has 3 rings (SSSR count). The number of likely N-dealkylation sites (tertiary alicyclic amines) is 1. The second-order valence-electron chi connectivity index (χ2n) is 6.50. The summed E-state index contributed by atoms with van der Waals surface area (Å²) in [6.07, 6.45) is 2.75. The largest absolute Gasteiger partial charge is 0.489 e. The molecule has 4 nitrogen and oxygen atoms in total. The lowest BCUT2D eigenvalue weighted by Gasteiger charge is -2.32. The lowest BCUT2D eigenvalue weighted by Crippen LogP contribution is -2.43. The van der Waals surface area contributed by atoms with Gasteiger partial charge in [-0.2, -0.15) is 0 Å². The van der Waals surface area contributed by atoms with Gasteiger partial charge in [0.2, 0.25) is 0 Å². The number of ether oxygens (including phenoxy) is 1. The van der Waals surface area contributed by atoms with E-state index >= 15 is 0 Å². The summed E-state index contributed by atoms with van der Waals surface area (Å²) in [6, 6.07) is 12.8. The number of aliphatic carboxylic acids is 1. The van der Waals surface area contributed by atoms with E-state index in [-0.39, 0.29) is 6.04 Å². The predicted molar refractivity (Wildman–Crippen MR) is 103 cm³/mol. The molecule has 0 bridgehead atoms. The predicted octanol–water partition coefficient (Wildman–Crippen LogP) is 5.01. The molecule has 0 aromatic heterocycles. The van der Waals surface area contributed by atoms with E-state index < -0.39 is 5.97 Å². The molecule has 0 radical (unpaired) electrons. The SMILES string of the molecule is O=C(O)C1CCCCN1Cc1ccc(OCc2ccc(Cl)c(Cl)c2)cc1. The number of hydrogen-bond donors (Lipinski definition) is 1. The Morgan fingerprint density at radius 1 is 1.08 bits per heavy atom. The van der Waals surface area contributed by atoms with Crippen LogP contribution < -0.4 is 4.74 Å². The summed E-state index contributed by atoms with van der Waals surface area (Å²) in [7, 11) is 0. The molecule has 1 unspecified atom stereocenters. The van der Waals surface area contributed by atoms with Gasteiger partial charge in [-0.1, -0.05) is 47.8 Å². The number of rotatable bonds is 6. The topological polar surface area (TPSA) is 49.8 Å². The number of nitrogens with zero attached hydrogens (tertiary/aromatic N) is 1. The molecule has 138 valence electrons. The van der Waals surface area contributed by atoms with Gasteiger partial charge < -0.3 is 9.84 Å². The Hall–Kier alpha value is -1.75. The average Bonchev–Trinajstić information content (AvgIpc) is 2.64. The van der Waals surface area contributed by atoms with Crippen LogP contribution in [0.5, 0.6) is 5.75 Å². The number of carboxylic acid groups (broad SMARTS) is 1. The van der Waals surface area contributed by atoms with Gasteiger partial charge in [-0.15, -0.1) is 0 Å². The molecule has 26 heavy (non-hydrogen) atoms. The van der Waals surface area contributed by atoms with Crippen molar-refractivity contribution in [3.63, 3.8) is 0 Å². The highest BCUT2D eigenvalue weighted by molar-refractivity contribution is 6.42. The maximum Gasteiger partial charge on any atom is 0.320 e. The molecular formula is C20H21Cl2NO3. The molecule has 1 N–H and O–H groups in total. The van der Waals surface area contributed by atoms with Crippen molar-refractivity contribution in [3.05, 3.63) is 63.6 Å². The molecule has 1 aliphatic rings. The lowest BCUT2D eigenvalue weighted by molar-refractivity contribution is -0.144. The number of benzene rings is 2. The summed E-state index contributed by atoms with van der Waals surface area (Å²) in [6.45, 7) is 1.88.